The largest absolute Gasteiger partial charge is 0.342 e. The molecule has 1 amide bonds. The summed E-state index contributed by atoms with van der Waals surface area (Å²) >= 11 is 1.47. The number of rotatable bonds is 7. The zero-order valence-electron chi connectivity index (χ0n) is 14.4. The number of piperidine rings is 1. The lowest BCUT2D eigenvalue weighted by Gasteiger charge is -2.26. The number of amides is 1. The lowest BCUT2D eigenvalue weighted by molar-refractivity contribution is -0.129. The van der Waals surface area contributed by atoms with Crippen LogP contribution in [0.3, 0.4) is 0 Å². The topological polar surface area (TPSA) is 51.0 Å². The predicted molar refractivity (Wildman–Crippen MR) is 101 cm³/mol. The van der Waals surface area contributed by atoms with Gasteiger partial charge in [0.05, 0.1) is 5.75 Å². The van der Waals surface area contributed by atoms with Gasteiger partial charge in [0, 0.05) is 26.1 Å². The first kappa shape index (κ1) is 17.7. The summed E-state index contributed by atoms with van der Waals surface area (Å²) in [5, 5.41) is 9.43. The molecular formula is C19H24N4OS. The van der Waals surface area contributed by atoms with Crippen LogP contribution in [0.1, 0.15) is 30.7 Å². The van der Waals surface area contributed by atoms with Gasteiger partial charge in [-0.1, -0.05) is 48.2 Å². The summed E-state index contributed by atoms with van der Waals surface area (Å²) in [6.07, 6.45) is 6.03. The molecule has 3 rings (SSSR count). The summed E-state index contributed by atoms with van der Waals surface area (Å²) in [6, 6.07) is 10.2. The number of nitrogens with zero attached hydrogens (tertiary/aromatic N) is 4. The molecule has 1 aromatic heterocycles. The summed E-state index contributed by atoms with van der Waals surface area (Å²) in [4.78, 5) is 14.3. The van der Waals surface area contributed by atoms with E-state index in [1.807, 2.05) is 33.7 Å². The SMILES string of the molecule is C=CCn1c(Cc2ccccc2)nnc1SCC(=O)N1CCCCC1. The lowest BCUT2D eigenvalue weighted by Crippen LogP contribution is -2.36. The Morgan fingerprint density at radius 3 is 2.64 bits per heavy atom. The van der Waals surface area contributed by atoms with Crippen molar-refractivity contribution in [3.05, 3.63) is 54.4 Å². The maximum absolute atomic E-state index is 12.4. The molecule has 0 aliphatic carbocycles. The van der Waals surface area contributed by atoms with Crippen LogP contribution >= 0.6 is 11.8 Å². The predicted octanol–water partition coefficient (Wildman–Crippen LogP) is 3.16. The lowest BCUT2D eigenvalue weighted by atomic mass is 10.1. The van der Waals surface area contributed by atoms with Gasteiger partial charge in [-0.25, -0.2) is 0 Å². The molecule has 0 atom stereocenters. The monoisotopic (exact) mass is 356 g/mol. The average molecular weight is 356 g/mol. The Labute approximate surface area is 153 Å². The van der Waals surface area contributed by atoms with Crippen LogP contribution in [0, 0.1) is 0 Å². The molecule has 0 saturated carbocycles. The summed E-state index contributed by atoms with van der Waals surface area (Å²) in [5.41, 5.74) is 1.20. The van der Waals surface area contributed by atoms with Crippen molar-refractivity contribution in [2.24, 2.45) is 0 Å². The number of allylic oxidation sites excluding steroid dienone is 1. The van der Waals surface area contributed by atoms with Crippen molar-refractivity contribution in [2.75, 3.05) is 18.8 Å². The fourth-order valence-electron chi connectivity index (χ4n) is 3.01. The summed E-state index contributed by atoms with van der Waals surface area (Å²) in [6.45, 7) is 6.25. The molecule has 0 radical (unpaired) electrons. The Morgan fingerprint density at radius 1 is 1.16 bits per heavy atom. The molecule has 2 aromatic rings. The van der Waals surface area contributed by atoms with Gasteiger partial charge in [0.25, 0.3) is 0 Å². The Balaban J connectivity index is 1.66. The fraction of sp³-hybridized carbons (Fsp3) is 0.421. The van der Waals surface area contributed by atoms with Gasteiger partial charge in [0.15, 0.2) is 5.16 Å². The number of carbonyl (C=O) groups excluding carboxylic acids is 1. The van der Waals surface area contributed by atoms with Gasteiger partial charge < -0.3 is 9.47 Å². The number of aromatic nitrogens is 3. The van der Waals surface area contributed by atoms with E-state index in [0.29, 0.717) is 12.3 Å². The number of likely N-dealkylation sites (tertiary alicyclic amines) is 1. The molecule has 5 nitrogen and oxygen atoms in total. The second-order valence-electron chi connectivity index (χ2n) is 6.19. The van der Waals surface area contributed by atoms with Crippen molar-refractivity contribution < 1.29 is 4.79 Å². The van der Waals surface area contributed by atoms with E-state index in [0.717, 1.165) is 43.3 Å². The molecule has 132 valence electrons. The highest BCUT2D eigenvalue weighted by atomic mass is 32.2. The molecule has 0 spiro atoms. The Bertz CT molecular complexity index is 707. The van der Waals surface area contributed by atoms with Crippen LogP contribution in [0.2, 0.25) is 0 Å². The minimum absolute atomic E-state index is 0.197. The van der Waals surface area contributed by atoms with E-state index in [2.05, 4.69) is 28.9 Å². The third-order valence-corrected chi connectivity index (χ3v) is 5.30. The second kappa shape index (κ2) is 8.85. The Hall–Kier alpha value is -2.08. The molecule has 1 fully saturated rings. The van der Waals surface area contributed by atoms with E-state index in [-0.39, 0.29) is 5.91 Å². The highest BCUT2D eigenvalue weighted by Gasteiger charge is 2.19. The third kappa shape index (κ3) is 4.72. The quantitative estimate of drug-likeness (QED) is 0.565. The summed E-state index contributed by atoms with van der Waals surface area (Å²) < 4.78 is 2.05. The Kier molecular flexibility index (Phi) is 6.28. The van der Waals surface area contributed by atoms with Gasteiger partial charge in [0.2, 0.25) is 5.91 Å². The third-order valence-electron chi connectivity index (χ3n) is 4.34. The van der Waals surface area contributed by atoms with Crippen LogP contribution in [0.5, 0.6) is 0 Å². The Morgan fingerprint density at radius 2 is 1.92 bits per heavy atom. The zero-order valence-corrected chi connectivity index (χ0v) is 15.2. The van der Waals surface area contributed by atoms with Crippen molar-refractivity contribution in [3.63, 3.8) is 0 Å². The van der Waals surface area contributed by atoms with Gasteiger partial charge in [-0.15, -0.1) is 16.8 Å². The van der Waals surface area contributed by atoms with Crippen LogP contribution in [0.25, 0.3) is 0 Å². The van der Waals surface area contributed by atoms with E-state index in [1.54, 1.807) is 0 Å². The van der Waals surface area contributed by atoms with E-state index < -0.39 is 0 Å². The molecule has 0 bridgehead atoms. The van der Waals surface area contributed by atoms with Crippen LogP contribution in [0.15, 0.2) is 48.1 Å². The second-order valence-corrected chi connectivity index (χ2v) is 7.13. The first-order valence-electron chi connectivity index (χ1n) is 8.75. The number of carbonyl (C=O) groups is 1. The molecule has 2 heterocycles. The van der Waals surface area contributed by atoms with E-state index in [1.165, 1.54) is 23.7 Å². The summed E-state index contributed by atoms with van der Waals surface area (Å²) in [5.74, 6) is 1.52. The molecule has 0 unspecified atom stereocenters. The number of hydrogen-bond donors (Lipinski definition) is 0. The highest BCUT2D eigenvalue weighted by molar-refractivity contribution is 7.99. The zero-order chi connectivity index (χ0) is 17.5. The smallest absolute Gasteiger partial charge is 0.233 e. The van der Waals surface area contributed by atoms with Crippen LogP contribution in [0.4, 0.5) is 0 Å². The summed E-state index contributed by atoms with van der Waals surface area (Å²) in [7, 11) is 0. The van der Waals surface area contributed by atoms with E-state index in [9.17, 15) is 4.79 Å². The van der Waals surface area contributed by atoms with Gasteiger partial charge in [0.1, 0.15) is 5.82 Å². The number of thioether (sulfide) groups is 1. The normalized spacial score (nSPS) is 14.5. The molecule has 25 heavy (non-hydrogen) atoms. The van der Waals surface area contributed by atoms with Crippen molar-refractivity contribution in [1.29, 1.82) is 0 Å². The van der Waals surface area contributed by atoms with Crippen LogP contribution < -0.4 is 0 Å². The average Bonchev–Trinajstić information content (AvgIpc) is 3.03. The molecule has 6 heteroatoms. The first-order valence-corrected chi connectivity index (χ1v) is 9.74. The molecule has 0 N–H and O–H groups in total. The van der Waals surface area contributed by atoms with Gasteiger partial charge in [-0.2, -0.15) is 0 Å². The van der Waals surface area contributed by atoms with Crippen LogP contribution in [-0.4, -0.2) is 44.4 Å². The van der Waals surface area contributed by atoms with Crippen molar-refractivity contribution in [1.82, 2.24) is 19.7 Å². The molecule has 1 aliphatic heterocycles. The molecule has 1 saturated heterocycles. The van der Waals surface area contributed by atoms with Gasteiger partial charge in [-0.05, 0) is 24.8 Å². The number of benzene rings is 1. The van der Waals surface area contributed by atoms with Gasteiger partial charge in [-0.3, -0.25) is 4.79 Å². The minimum Gasteiger partial charge on any atom is -0.342 e. The van der Waals surface area contributed by atoms with Crippen molar-refractivity contribution in [3.8, 4) is 0 Å². The highest BCUT2D eigenvalue weighted by Crippen LogP contribution is 2.20. The molecular weight excluding hydrogens is 332 g/mol. The number of hydrogen-bond acceptors (Lipinski definition) is 4. The maximum atomic E-state index is 12.4. The van der Waals surface area contributed by atoms with Crippen LogP contribution in [-0.2, 0) is 17.8 Å². The van der Waals surface area contributed by atoms with Crippen molar-refractivity contribution >= 4 is 17.7 Å². The molecule has 1 aromatic carbocycles. The molecule has 1 aliphatic rings. The standard InChI is InChI=1S/C19H24N4OS/c1-2-11-23-17(14-16-9-5-3-6-10-16)20-21-19(23)25-15-18(24)22-12-7-4-8-13-22/h2-3,5-6,9-10H,1,4,7-8,11-15H2. The maximum Gasteiger partial charge on any atom is 0.233 e. The first-order chi connectivity index (χ1) is 12.3. The van der Waals surface area contributed by atoms with Gasteiger partial charge >= 0.3 is 0 Å². The van der Waals surface area contributed by atoms with Crippen molar-refractivity contribution in [2.45, 2.75) is 37.4 Å². The van der Waals surface area contributed by atoms with E-state index in [4.69, 9.17) is 0 Å². The fourth-order valence-corrected chi connectivity index (χ4v) is 3.88. The minimum atomic E-state index is 0.197. The van der Waals surface area contributed by atoms with E-state index >= 15 is 0 Å².